The smallest absolute Gasteiger partial charge is 0.264 e. The Morgan fingerprint density at radius 3 is 2.27 bits per heavy atom. The molecule has 4 aliphatic heterocycles. The summed E-state index contributed by atoms with van der Waals surface area (Å²) in [7, 11) is -1.95. The molecule has 4 N–H and O–H groups in total. The Labute approximate surface area is 388 Å². The van der Waals surface area contributed by atoms with E-state index in [2.05, 4.69) is 46.0 Å². The van der Waals surface area contributed by atoms with Crippen molar-refractivity contribution in [1.29, 1.82) is 0 Å². The molecule has 3 aromatic carbocycles. The number of nitrogens with one attached hydrogen (secondary N) is 4. The van der Waals surface area contributed by atoms with E-state index in [1.807, 2.05) is 23.1 Å². The first kappa shape index (κ1) is 46.8. The quantitative estimate of drug-likeness (QED) is 0.0874. The number of carbonyl (C=O) groups is 5. The Morgan fingerprint density at radius 1 is 0.836 bits per heavy atom. The molecule has 0 saturated carbocycles. The lowest BCUT2D eigenvalue weighted by Gasteiger charge is -2.43. The average Bonchev–Trinajstić information content (AvgIpc) is 3.59. The van der Waals surface area contributed by atoms with Gasteiger partial charge in [0.25, 0.3) is 11.8 Å². The maximum atomic E-state index is 13.3. The molecular weight excluding hydrogens is 883 g/mol. The van der Waals surface area contributed by atoms with Crippen molar-refractivity contribution in [2.24, 2.45) is 0 Å². The SMILES string of the molecule is COc1cc(N2CCC(N3CCN(C(=O)CCOCCNc4cccc5c4C(=O)N(C4CCC(=O)NC4=O)C5=O)CC3)CC2)ccc1Nc1ncnc(Nc2ccccc2S(=O)(=O)C(C)C)n1. The Kier molecular flexibility index (Phi) is 14.3. The van der Waals surface area contributed by atoms with Crippen molar-refractivity contribution in [3.63, 3.8) is 0 Å². The van der Waals surface area contributed by atoms with Gasteiger partial charge in [-0.15, -0.1) is 0 Å². The van der Waals surface area contributed by atoms with Gasteiger partial charge < -0.3 is 35.2 Å². The third-order valence-electron chi connectivity index (χ3n) is 12.6. The van der Waals surface area contributed by atoms with Crippen molar-refractivity contribution in [2.75, 3.05) is 87.0 Å². The molecule has 354 valence electrons. The van der Waals surface area contributed by atoms with E-state index >= 15 is 0 Å². The molecule has 0 spiro atoms. The molecule has 4 aromatic rings. The Bertz CT molecular complexity index is 2630. The van der Waals surface area contributed by atoms with E-state index in [0.29, 0.717) is 48.5 Å². The first-order valence-electron chi connectivity index (χ1n) is 22.5. The number of piperidine rings is 2. The molecule has 4 aliphatic rings. The number of rotatable bonds is 17. The van der Waals surface area contributed by atoms with E-state index in [9.17, 15) is 32.4 Å². The van der Waals surface area contributed by atoms with Crippen LogP contribution in [0.1, 0.15) is 66.7 Å². The van der Waals surface area contributed by atoms with E-state index in [1.165, 1.54) is 6.33 Å². The van der Waals surface area contributed by atoms with Crippen LogP contribution < -0.4 is 30.9 Å². The number of ether oxygens (including phenoxy) is 2. The molecule has 20 nitrogen and oxygen atoms in total. The van der Waals surface area contributed by atoms with Crippen LogP contribution in [-0.2, 0) is 29.0 Å². The zero-order chi connectivity index (χ0) is 47.2. The number of para-hydroxylation sites is 1. The fraction of sp³-hybridized carbons (Fsp3) is 0.435. The Hall–Kier alpha value is -6.71. The van der Waals surface area contributed by atoms with Crippen LogP contribution in [0.2, 0.25) is 0 Å². The second-order valence-corrected chi connectivity index (χ2v) is 19.4. The van der Waals surface area contributed by atoms with Gasteiger partial charge in [0.1, 0.15) is 18.1 Å². The number of benzene rings is 3. The van der Waals surface area contributed by atoms with Crippen LogP contribution in [0, 0.1) is 0 Å². The van der Waals surface area contributed by atoms with E-state index < -0.39 is 44.8 Å². The monoisotopic (exact) mass is 937 g/mol. The highest BCUT2D eigenvalue weighted by atomic mass is 32.2. The predicted molar refractivity (Wildman–Crippen MR) is 249 cm³/mol. The van der Waals surface area contributed by atoms with E-state index in [-0.39, 0.29) is 66.3 Å². The second kappa shape index (κ2) is 20.4. The summed E-state index contributed by atoms with van der Waals surface area (Å²) < 4.78 is 37.5. The van der Waals surface area contributed by atoms with E-state index in [4.69, 9.17) is 9.47 Å². The molecular formula is C46H55N11O9S. The number of sulfone groups is 1. The standard InChI is InChI=1S/C46H55N11O9S/c1-29(2)67(63,64)38-10-5-4-8-34(38)51-46-49-28-48-45(53-46)50-33-12-11-31(27-37(33)65-3)54-19-15-30(16-20-54)55-21-23-56(24-22-55)40(59)17-25-66-26-18-47-35-9-6-7-32-41(35)44(62)57(43(32)61)36-13-14-39(58)52-42(36)60/h4-12,27-30,36,47H,13-26H2,1-3H3,(H,52,58,60)(H2,48,49,50,51,53). The van der Waals surface area contributed by atoms with Gasteiger partial charge in [-0.2, -0.15) is 4.98 Å². The summed E-state index contributed by atoms with van der Waals surface area (Å²) in [6.07, 6.45) is 3.69. The predicted octanol–water partition coefficient (Wildman–Crippen LogP) is 3.58. The number of hydrogen-bond acceptors (Lipinski definition) is 17. The molecule has 5 amide bonds. The third-order valence-corrected chi connectivity index (χ3v) is 14.8. The van der Waals surface area contributed by atoms with Gasteiger partial charge in [-0.25, -0.2) is 18.4 Å². The van der Waals surface area contributed by atoms with Gasteiger partial charge in [0.05, 0.1) is 59.4 Å². The number of aromatic nitrogens is 3. The van der Waals surface area contributed by atoms with Crippen LogP contribution in [0.3, 0.4) is 0 Å². The van der Waals surface area contributed by atoms with Crippen molar-refractivity contribution in [3.8, 4) is 5.75 Å². The summed E-state index contributed by atoms with van der Waals surface area (Å²) in [4.78, 5) is 84.4. The number of fused-ring (bicyclic) bond motifs is 1. The molecule has 0 aliphatic carbocycles. The number of carbonyl (C=O) groups excluding carboxylic acids is 5. The number of anilines is 6. The largest absolute Gasteiger partial charge is 0.494 e. The molecule has 1 aromatic heterocycles. The highest BCUT2D eigenvalue weighted by Gasteiger charge is 2.45. The molecule has 0 radical (unpaired) electrons. The fourth-order valence-corrected chi connectivity index (χ4v) is 10.1. The number of amides is 5. The summed E-state index contributed by atoms with van der Waals surface area (Å²) >= 11 is 0. The molecule has 3 fully saturated rings. The highest BCUT2D eigenvalue weighted by molar-refractivity contribution is 7.92. The van der Waals surface area contributed by atoms with Crippen molar-refractivity contribution < 1.29 is 41.9 Å². The Balaban J connectivity index is 0.748. The minimum atomic E-state index is -3.55. The summed E-state index contributed by atoms with van der Waals surface area (Å²) in [6, 6.07) is 16.9. The lowest BCUT2D eigenvalue weighted by atomic mass is 10.0. The minimum absolute atomic E-state index is 0.0425. The molecule has 67 heavy (non-hydrogen) atoms. The normalized spacial score (nSPS) is 18.3. The summed E-state index contributed by atoms with van der Waals surface area (Å²) in [6.45, 7) is 8.76. The van der Waals surface area contributed by atoms with Gasteiger partial charge in [-0.1, -0.05) is 18.2 Å². The van der Waals surface area contributed by atoms with E-state index in [1.54, 1.807) is 63.4 Å². The highest BCUT2D eigenvalue weighted by Crippen LogP contribution is 2.35. The molecule has 0 bridgehead atoms. The van der Waals surface area contributed by atoms with Crippen LogP contribution in [0.4, 0.5) is 34.6 Å². The third kappa shape index (κ3) is 10.3. The Morgan fingerprint density at radius 2 is 1.55 bits per heavy atom. The van der Waals surface area contributed by atoms with Crippen LogP contribution in [0.25, 0.3) is 0 Å². The summed E-state index contributed by atoms with van der Waals surface area (Å²) in [5.74, 6) is -1.15. The van der Waals surface area contributed by atoms with Gasteiger partial charge >= 0.3 is 0 Å². The maximum absolute atomic E-state index is 13.3. The van der Waals surface area contributed by atoms with Crippen molar-refractivity contribution in [2.45, 2.75) is 68.2 Å². The van der Waals surface area contributed by atoms with Crippen molar-refractivity contribution in [1.82, 2.24) is 35.0 Å². The maximum Gasteiger partial charge on any atom is 0.264 e. The molecule has 1 atom stereocenters. The summed E-state index contributed by atoms with van der Waals surface area (Å²) in [5.41, 5.74) is 2.89. The lowest BCUT2D eigenvalue weighted by Crippen LogP contribution is -2.54. The number of piperazine rings is 1. The van der Waals surface area contributed by atoms with Crippen molar-refractivity contribution >= 4 is 74.0 Å². The number of methoxy groups -OCH3 is 1. The van der Waals surface area contributed by atoms with Crippen LogP contribution >= 0.6 is 0 Å². The van der Waals surface area contributed by atoms with Gasteiger partial charge in [-0.3, -0.25) is 39.1 Å². The van der Waals surface area contributed by atoms with Crippen LogP contribution in [0.15, 0.2) is 71.9 Å². The second-order valence-electron chi connectivity index (χ2n) is 17.0. The van der Waals surface area contributed by atoms with Crippen molar-refractivity contribution in [3.05, 3.63) is 78.1 Å². The first-order valence-corrected chi connectivity index (χ1v) is 24.0. The molecule has 3 saturated heterocycles. The zero-order valence-corrected chi connectivity index (χ0v) is 38.5. The minimum Gasteiger partial charge on any atom is -0.494 e. The summed E-state index contributed by atoms with van der Waals surface area (Å²) in [5, 5.41) is 11.0. The number of nitrogens with zero attached hydrogens (tertiary/aromatic N) is 7. The molecule has 1 unspecified atom stereocenters. The number of hydrogen-bond donors (Lipinski definition) is 4. The topological polar surface area (TPSA) is 238 Å². The zero-order valence-electron chi connectivity index (χ0n) is 37.7. The molecule has 8 rings (SSSR count). The molecule has 5 heterocycles. The van der Waals surface area contributed by atoms with Gasteiger partial charge in [0.15, 0.2) is 9.84 Å². The van der Waals surface area contributed by atoms with Crippen LogP contribution in [0.5, 0.6) is 5.75 Å². The lowest BCUT2D eigenvalue weighted by molar-refractivity contribution is -0.136. The first-order chi connectivity index (χ1) is 32.3. The van der Waals surface area contributed by atoms with Gasteiger partial charge in [-0.05, 0) is 69.5 Å². The molecule has 21 heteroatoms. The van der Waals surface area contributed by atoms with Crippen LogP contribution in [-0.4, -0.2) is 151 Å². The van der Waals surface area contributed by atoms with E-state index in [0.717, 1.165) is 49.6 Å². The van der Waals surface area contributed by atoms with Gasteiger partial charge in [0, 0.05) is 75.7 Å². The number of imide groups is 2. The van der Waals surface area contributed by atoms with Gasteiger partial charge in [0.2, 0.25) is 29.6 Å². The average molecular weight is 938 g/mol. The fourth-order valence-electron chi connectivity index (χ4n) is 8.87.